The molecule has 2 fully saturated rings. The van der Waals surface area contributed by atoms with E-state index in [1.165, 1.54) is 11.1 Å². The Morgan fingerprint density at radius 3 is 2.48 bits per heavy atom. The number of anilines is 2. The van der Waals surface area contributed by atoms with E-state index in [2.05, 4.69) is 45.9 Å². The first-order valence-electron chi connectivity index (χ1n) is 8.11. The Morgan fingerprint density at radius 1 is 1.04 bits per heavy atom. The number of aromatic nitrogens is 1. The lowest BCUT2D eigenvalue weighted by Gasteiger charge is -2.26. The van der Waals surface area contributed by atoms with E-state index < -0.39 is 0 Å². The van der Waals surface area contributed by atoms with Crippen molar-refractivity contribution < 1.29 is 9.47 Å². The van der Waals surface area contributed by atoms with Gasteiger partial charge in [0.05, 0.1) is 25.9 Å². The summed E-state index contributed by atoms with van der Waals surface area (Å²) in [6, 6.07) is 12.5. The molecule has 1 atom stereocenters. The highest BCUT2D eigenvalue weighted by Crippen LogP contribution is 2.25. The first-order chi connectivity index (χ1) is 11.4. The van der Waals surface area contributed by atoms with E-state index >= 15 is 0 Å². The lowest BCUT2D eigenvalue weighted by Crippen LogP contribution is -2.33. The van der Waals surface area contributed by atoms with Gasteiger partial charge in [0, 0.05) is 30.9 Å². The van der Waals surface area contributed by atoms with Crippen molar-refractivity contribution >= 4 is 11.5 Å². The quantitative estimate of drug-likeness (QED) is 0.909. The van der Waals surface area contributed by atoms with Crippen molar-refractivity contribution in [2.45, 2.75) is 12.0 Å². The van der Waals surface area contributed by atoms with Crippen LogP contribution in [0.4, 0.5) is 11.5 Å². The molecule has 5 heteroatoms. The molecule has 2 saturated heterocycles. The summed E-state index contributed by atoms with van der Waals surface area (Å²) in [7, 11) is 0. The predicted octanol–water partition coefficient (Wildman–Crippen LogP) is 2.60. The third-order valence-electron chi connectivity index (χ3n) is 4.38. The van der Waals surface area contributed by atoms with E-state index in [0.717, 1.165) is 44.4 Å². The molecular weight excluding hydrogens is 290 g/mol. The van der Waals surface area contributed by atoms with Gasteiger partial charge in [-0.15, -0.1) is 0 Å². The molecule has 0 amide bonds. The Bertz CT molecular complexity index is 632. The molecular formula is C18H21N3O2. The number of pyridine rings is 1. The molecule has 0 radical (unpaired) electrons. The highest BCUT2D eigenvalue weighted by molar-refractivity contribution is 5.56. The zero-order chi connectivity index (χ0) is 15.5. The number of hydrogen-bond acceptors (Lipinski definition) is 5. The molecule has 0 bridgehead atoms. The van der Waals surface area contributed by atoms with Crippen molar-refractivity contribution in [1.82, 2.24) is 10.3 Å². The topological polar surface area (TPSA) is 55.4 Å². The SMILES string of the molecule is c1cc([C@H]2CNCCO2)ccc1Nc1ccc(C2COC2)cn1. The smallest absolute Gasteiger partial charge is 0.130 e. The maximum Gasteiger partial charge on any atom is 0.130 e. The molecule has 3 heterocycles. The predicted molar refractivity (Wildman–Crippen MR) is 89.1 cm³/mol. The van der Waals surface area contributed by atoms with Crippen molar-refractivity contribution in [1.29, 1.82) is 0 Å². The number of ether oxygens (including phenoxy) is 2. The van der Waals surface area contributed by atoms with Crippen LogP contribution in [0.15, 0.2) is 42.6 Å². The van der Waals surface area contributed by atoms with Gasteiger partial charge < -0.3 is 20.1 Å². The molecule has 0 aliphatic carbocycles. The molecule has 23 heavy (non-hydrogen) atoms. The standard InChI is InChI=1S/C18H21N3O2/c1-4-16(5-2-13(1)17-10-19-7-8-23-17)21-18-6-3-14(9-20-18)15-11-22-12-15/h1-6,9,15,17,19H,7-8,10-12H2,(H,20,21)/t17-/m1/s1. The fraction of sp³-hybridized carbons (Fsp3) is 0.389. The van der Waals surface area contributed by atoms with Gasteiger partial charge in [0.25, 0.3) is 0 Å². The van der Waals surface area contributed by atoms with Crippen molar-refractivity contribution in [3.8, 4) is 0 Å². The fourth-order valence-electron chi connectivity index (χ4n) is 2.86. The first-order valence-corrected chi connectivity index (χ1v) is 8.11. The molecule has 2 aliphatic heterocycles. The molecule has 0 spiro atoms. The summed E-state index contributed by atoms with van der Waals surface area (Å²) >= 11 is 0. The molecule has 120 valence electrons. The van der Waals surface area contributed by atoms with Crippen LogP contribution in [0, 0.1) is 0 Å². The van der Waals surface area contributed by atoms with Crippen LogP contribution < -0.4 is 10.6 Å². The third-order valence-corrected chi connectivity index (χ3v) is 4.38. The molecule has 1 aromatic carbocycles. The first kappa shape index (κ1) is 14.6. The van der Waals surface area contributed by atoms with Crippen molar-refractivity contribution in [3.05, 3.63) is 53.7 Å². The van der Waals surface area contributed by atoms with E-state index in [4.69, 9.17) is 9.47 Å². The Kier molecular flexibility index (Phi) is 4.24. The van der Waals surface area contributed by atoms with Gasteiger partial charge in [0.15, 0.2) is 0 Å². The summed E-state index contributed by atoms with van der Waals surface area (Å²) in [6.07, 6.45) is 2.09. The average molecular weight is 311 g/mol. The normalized spacial score (nSPS) is 21.7. The fourth-order valence-corrected chi connectivity index (χ4v) is 2.86. The molecule has 2 aliphatic rings. The minimum atomic E-state index is 0.153. The molecule has 2 aromatic rings. The van der Waals surface area contributed by atoms with Crippen molar-refractivity contribution in [2.24, 2.45) is 0 Å². The summed E-state index contributed by atoms with van der Waals surface area (Å²) in [5.74, 6) is 1.37. The van der Waals surface area contributed by atoms with Crippen LogP contribution in [-0.2, 0) is 9.47 Å². The van der Waals surface area contributed by atoms with Crippen LogP contribution in [0.25, 0.3) is 0 Å². The van der Waals surface area contributed by atoms with Crippen LogP contribution in [0.1, 0.15) is 23.1 Å². The lowest BCUT2D eigenvalue weighted by molar-refractivity contribution is 0.00830. The average Bonchev–Trinajstić information content (AvgIpc) is 2.57. The van der Waals surface area contributed by atoms with Gasteiger partial charge >= 0.3 is 0 Å². The summed E-state index contributed by atoms with van der Waals surface area (Å²) in [5.41, 5.74) is 3.49. The Labute approximate surface area is 136 Å². The second-order valence-corrected chi connectivity index (χ2v) is 6.02. The molecule has 2 N–H and O–H groups in total. The van der Waals surface area contributed by atoms with Crippen molar-refractivity contribution in [3.63, 3.8) is 0 Å². The highest BCUT2D eigenvalue weighted by Gasteiger charge is 2.20. The summed E-state index contributed by atoms with van der Waals surface area (Å²) in [6.45, 7) is 4.21. The van der Waals surface area contributed by atoms with Crippen LogP contribution in [-0.4, -0.2) is 37.9 Å². The number of benzene rings is 1. The molecule has 4 rings (SSSR count). The summed E-state index contributed by atoms with van der Waals surface area (Å²) < 4.78 is 11.0. The minimum Gasteiger partial charge on any atom is -0.380 e. The second kappa shape index (κ2) is 6.66. The van der Waals surface area contributed by atoms with E-state index in [1.807, 2.05) is 12.3 Å². The van der Waals surface area contributed by atoms with Crippen LogP contribution >= 0.6 is 0 Å². The van der Waals surface area contributed by atoms with Gasteiger partial charge in [-0.1, -0.05) is 18.2 Å². The van der Waals surface area contributed by atoms with E-state index in [-0.39, 0.29) is 6.10 Å². The molecule has 0 unspecified atom stereocenters. The maximum atomic E-state index is 5.77. The van der Waals surface area contributed by atoms with E-state index in [1.54, 1.807) is 0 Å². The Balaban J connectivity index is 1.40. The lowest BCUT2D eigenvalue weighted by atomic mass is 10.00. The molecule has 5 nitrogen and oxygen atoms in total. The Hall–Kier alpha value is -1.95. The van der Waals surface area contributed by atoms with E-state index in [9.17, 15) is 0 Å². The zero-order valence-corrected chi connectivity index (χ0v) is 13.0. The van der Waals surface area contributed by atoms with Gasteiger partial charge in [-0.3, -0.25) is 0 Å². The number of rotatable bonds is 4. The Morgan fingerprint density at radius 2 is 1.87 bits per heavy atom. The van der Waals surface area contributed by atoms with Crippen LogP contribution in [0.2, 0.25) is 0 Å². The summed E-state index contributed by atoms with van der Waals surface area (Å²) in [5, 5.41) is 6.69. The largest absolute Gasteiger partial charge is 0.380 e. The highest BCUT2D eigenvalue weighted by atomic mass is 16.5. The number of nitrogens with one attached hydrogen (secondary N) is 2. The monoisotopic (exact) mass is 311 g/mol. The number of nitrogens with zero attached hydrogens (tertiary/aromatic N) is 1. The second-order valence-electron chi connectivity index (χ2n) is 6.02. The molecule has 0 saturated carbocycles. The zero-order valence-electron chi connectivity index (χ0n) is 13.0. The van der Waals surface area contributed by atoms with E-state index in [0.29, 0.717) is 5.92 Å². The van der Waals surface area contributed by atoms with Crippen LogP contribution in [0.3, 0.4) is 0 Å². The maximum absolute atomic E-state index is 5.77. The van der Waals surface area contributed by atoms with Gasteiger partial charge in [0.2, 0.25) is 0 Å². The van der Waals surface area contributed by atoms with Gasteiger partial charge in [-0.25, -0.2) is 4.98 Å². The molecule has 1 aromatic heterocycles. The summed E-state index contributed by atoms with van der Waals surface area (Å²) in [4.78, 5) is 4.49. The van der Waals surface area contributed by atoms with Gasteiger partial charge in [-0.05, 0) is 29.3 Å². The number of morpholine rings is 1. The minimum absolute atomic E-state index is 0.153. The van der Waals surface area contributed by atoms with Crippen LogP contribution in [0.5, 0.6) is 0 Å². The van der Waals surface area contributed by atoms with Gasteiger partial charge in [-0.2, -0.15) is 0 Å². The number of hydrogen-bond donors (Lipinski definition) is 2. The van der Waals surface area contributed by atoms with Crippen molar-refractivity contribution in [2.75, 3.05) is 38.2 Å². The van der Waals surface area contributed by atoms with Gasteiger partial charge in [0.1, 0.15) is 5.82 Å². The third kappa shape index (κ3) is 3.37.